The van der Waals surface area contributed by atoms with E-state index in [4.69, 9.17) is 4.74 Å². The van der Waals surface area contributed by atoms with Crippen LogP contribution in [0.3, 0.4) is 0 Å². The van der Waals surface area contributed by atoms with Crippen LogP contribution in [-0.4, -0.2) is 66.7 Å². The highest BCUT2D eigenvalue weighted by Gasteiger charge is 2.72. The van der Waals surface area contributed by atoms with Gasteiger partial charge >= 0.3 is 17.3 Å². The van der Waals surface area contributed by atoms with Crippen molar-refractivity contribution < 1.29 is 41.4 Å². The van der Waals surface area contributed by atoms with E-state index in [1.807, 2.05) is 0 Å². The lowest BCUT2D eigenvalue weighted by Gasteiger charge is -2.52. The maximum absolute atomic E-state index is 14.5. The molecule has 6 rings (SSSR count). The summed E-state index contributed by atoms with van der Waals surface area (Å²) in [5, 5.41) is 21.1. The smallest absolute Gasteiger partial charge is 0.351 e. The van der Waals surface area contributed by atoms with Gasteiger partial charge in [0.1, 0.15) is 20.8 Å². The number of fused-ring (bicyclic) bond motifs is 3. The molecule has 2 aliphatic carbocycles. The number of rotatable bonds is 2. The summed E-state index contributed by atoms with van der Waals surface area (Å²) in [6, 6.07) is 0. The molecule has 4 fully saturated rings. The van der Waals surface area contributed by atoms with E-state index in [-0.39, 0.29) is 44.1 Å². The van der Waals surface area contributed by atoms with Gasteiger partial charge in [0.2, 0.25) is 32.3 Å². The van der Waals surface area contributed by atoms with Gasteiger partial charge in [-0.05, 0) is 43.8 Å². The van der Waals surface area contributed by atoms with Crippen LogP contribution in [0.5, 0.6) is 11.8 Å². The molecule has 4 heterocycles. The average molecular weight is 721 g/mol. The molecular formula is C30H32N4O13S2. The number of aromatic hydroxyl groups is 2. The second kappa shape index (κ2) is 10.6. The quantitative estimate of drug-likeness (QED) is 0.275. The number of carbonyl (C=O) groups excluding carboxylic acids is 2. The monoisotopic (exact) mass is 720 g/mol. The SMILES string of the molecule is C=C1C(=O)/C(=C\c2c(O)n(C)c(=O)n(C)c2=O)S(=O)(=O)C12CCC[C@@H]1C2CCCC12OC(=O)/C(=C\c1c(O)n(C)c(=O)n(C)c1=O)S2(=O)=O. The van der Waals surface area contributed by atoms with E-state index in [2.05, 4.69) is 6.58 Å². The molecule has 49 heavy (non-hydrogen) atoms. The number of aromatic nitrogens is 4. The fraction of sp³-hybridized carbons (Fsp3) is 0.467. The zero-order valence-corrected chi connectivity index (χ0v) is 28.4. The van der Waals surface area contributed by atoms with Crippen molar-refractivity contribution in [3.05, 3.63) is 74.8 Å². The number of hydrogen-bond acceptors (Lipinski definition) is 13. The number of allylic oxidation sites excluding steroid dienone is 1. The van der Waals surface area contributed by atoms with Gasteiger partial charge in [-0.3, -0.25) is 32.7 Å². The lowest BCUT2D eigenvalue weighted by Crippen LogP contribution is -2.59. The van der Waals surface area contributed by atoms with Gasteiger partial charge in [0.25, 0.3) is 11.1 Å². The van der Waals surface area contributed by atoms with Crippen molar-refractivity contribution in [3.63, 3.8) is 0 Å². The van der Waals surface area contributed by atoms with E-state index in [9.17, 15) is 55.8 Å². The molecule has 2 spiro atoms. The third-order valence-corrected chi connectivity index (χ3v) is 15.6. The van der Waals surface area contributed by atoms with Gasteiger partial charge in [-0.1, -0.05) is 13.0 Å². The summed E-state index contributed by atoms with van der Waals surface area (Å²) in [6.45, 7) is 3.83. The van der Waals surface area contributed by atoms with Crippen LogP contribution in [0, 0.1) is 11.8 Å². The van der Waals surface area contributed by atoms with E-state index in [1.165, 1.54) is 0 Å². The van der Waals surface area contributed by atoms with Crippen molar-refractivity contribution in [2.75, 3.05) is 0 Å². The molecule has 2 aliphatic heterocycles. The number of hydrogen-bond donors (Lipinski definition) is 2. The van der Waals surface area contributed by atoms with Gasteiger partial charge in [0, 0.05) is 46.1 Å². The second-order valence-electron chi connectivity index (χ2n) is 12.8. The second-order valence-corrected chi connectivity index (χ2v) is 17.1. The third-order valence-electron chi connectivity index (χ3n) is 10.6. The molecule has 0 bridgehead atoms. The molecule has 2 saturated carbocycles. The van der Waals surface area contributed by atoms with Crippen LogP contribution in [0.4, 0.5) is 0 Å². The average Bonchev–Trinajstić information content (AvgIpc) is 3.32. The predicted octanol–water partition coefficient (Wildman–Crippen LogP) is -1.16. The molecule has 0 amide bonds. The fourth-order valence-corrected chi connectivity index (χ4v) is 12.8. The zero-order valence-electron chi connectivity index (χ0n) is 26.7. The van der Waals surface area contributed by atoms with Crippen molar-refractivity contribution in [1.29, 1.82) is 0 Å². The lowest BCUT2D eigenvalue weighted by atomic mass is 9.61. The first-order chi connectivity index (χ1) is 22.7. The van der Waals surface area contributed by atoms with E-state index in [0.29, 0.717) is 30.4 Å². The molecule has 17 nitrogen and oxygen atoms in total. The number of sulfone groups is 2. The summed E-state index contributed by atoms with van der Waals surface area (Å²) < 4.78 is 64.0. The van der Waals surface area contributed by atoms with Gasteiger partial charge in [0.15, 0.2) is 14.7 Å². The standard InChI is InChI=1S/C30H32N4O13S2/c1-14-21(35)19(12-15-22(36)31(2)27(41)32(3)23(15)37)48(43,44)29(14)10-6-9-18-17(29)8-7-11-30(18)47-26(40)20(49(30,45)46)13-16-24(38)33(4)28(42)34(5)25(16)39/h12-13,17-18,36,38H,1,6-11H2,2-5H3/b19-12+,20-13+/t17?,18-,29?,30?/m1/s1. The van der Waals surface area contributed by atoms with E-state index < -0.39 is 108 Å². The Morgan fingerprint density at radius 3 is 1.71 bits per heavy atom. The Morgan fingerprint density at radius 1 is 0.714 bits per heavy atom. The molecule has 2 saturated heterocycles. The topological polar surface area (TPSA) is 240 Å². The Morgan fingerprint density at radius 2 is 1.18 bits per heavy atom. The first kappa shape index (κ1) is 34.1. The number of carbonyl (C=O) groups is 2. The summed E-state index contributed by atoms with van der Waals surface area (Å²) in [7, 11) is -5.12. The first-order valence-corrected chi connectivity index (χ1v) is 18.0. The highest BCUT2D eigenvalue weighted by molar-refractivity contribution is 7.99. The fourth-order valence-electron chi connectivity index (χ4n) is 8.07. The number of nitrogens with zero attached hydrogens (tertiary/aromatic N) is 4. The highest BCUT2D eigenvalue weighted by Crippen LogP contribution is 2.63. The van der Waals surface area contributed by atoms with Gasteiger partial charge < -0.3 is 14.9 Å². The summed E-state index contributed by atoms with van der Waals surface area (Å²) in [5.41, 5.74) is -5.63. The minimum atomic E-state index is -4.83. The molecule has 3 unspecified atom stereocenters. The highest BCUT2D eigenvalue weighted by atomic mass is 32.2. The van der Waals surface area contributed by atoms with Gasteiger partial charge in [-0.2, -0.15) is 0 Å². The molecule has 19 heteroatoms. The Balaban J connectivity index is 1.51. The van der Waals surface area contributed by atoms with Crippen molar-refractivity contribution in [1.82, 2.24) is 18.3 Å². The minimum Gasteiger partial charge on any atom is -0.494 e. The number of Topliss-reactive ketones (excluding diaryl/α,β-unsaturated/α-hetero) is 1. The molecule has 0 radical (unpaired) electrons. The summed E-state index contributed by atoms with van der Waals surface area (Å²) in [4.78, 5) is 73.2. The molecule has 4 atom stereocenters. The van der Waals surface area contributed by atoms with E-state index in [0.717, 1.165) is 28.2 Å². The Kier molecular flexibility index (Phi) is 7.38. The van der Waals surface area contributed by atoms with Gasteiger partial charge in [-0.15, -0.1) is 0 Å². The molecule has 4 aliphatic rings. The van der Waals surface area contributed by atoms with E-state index in [1.54, 1.807) is 0 Å². The summed E-state index contributed by atoms with van der Waals surface area (Å²) >= 11 is 0. The van der Waals surface area contributed by atoms with Crippen LogP contribution in [0.25, 0.3) is 12.2 Å². The van der Waals surface area contributed by atoms with Crippen molar-refractivity contribution in [3.8, 4) is 11.8 Å². The number of esters is 1. The molecule has 2 aromatic heterocycles. The molecule has 2 N–H and O–H groups in total. The predicted molar refractivity (Wildman–Crippen MR) is 171 cm³/mol. The largest absolute Gasteiger partial charge is 0.494 e. The number of ether oxygens (including phenoxy) is 1. The first-order valence-electron chi connectivity index (χ1n) is 15.1. The molecule has 2 aromatic rings. The van der Waals surface area contributed by atoms with Gasteiger partial charge in [0.05, 0.1) is 0 Å². The number of ketones is 1. The minimum absolute atomic E-state index is 0.0354. The summed E-state index contributed by atoms with van der Waals surface area (Å²) in [6.07, 6.45) is 1.20. The van der Waals surface area contributed by atoms with E-state index >= 15 is 0 Å². The van der Waals surface area contributed by atoms with Crippen molar-refractivity contribution in [2.45, 2.75) is 48.2 Å². The summed E-state index contributed by atoms with van der Waals surface area (Å²) in [5.74, 6) is -6.47. The maximum Gasteiger partial charge on any atom is 0.351 e. The van der Waals surface area contributed by atoms with Crippen LogP contribution in [-0.2, 0) is 62.2 Å². The Hall–Kier alpha value is -4.78. The van der Waals surface area contributed by atoms with Gasteiger partial charge in [-0.25, -0.2) is 31.2 Å². The normalized spacial score (nSPS) is 30.4. The molecule has 262 valence electrons. The Bertz CT molecular complexity index is 2480. The van der Waals surface area contributed by atoms with Crippen molar-refractivity contribution >= 4 is 43.6 Å². The third kappa shape index (κ3) is 4.08. The molecule has 0 aromatic carbocycles. The lowest BCUT2D eigenvalue weighted by molar-refractivity contribution is -0.153. The maximum atomic E-state index is 14.5. The zero-order chi connectivity index (χ0) is 36.3. The van der Waals surface area contributed by atoms with Crippen molar-refractivity contribution in [2.24, 2.45) is 40.0 Å². The molecular weight excluding hydrogens is 688 g/mol. The van der Waals surface area contributed by atoms with Crippen LogP contribution in [0.2, 0.25) is 0 Å². The van der Waals surface area contributed by atoms with Crippen LogP contribution in [0.15, 0.2) is 41.1 Å². The van der Waals surface area contributed by atoms with Crippen LogP contribution >= 0.6 is 0 Å². The Labute approximate surface area is 277 Å². The van der Waals surface area contributed by atoms with Crippen LogP contribution in [0.1, 0.15) is 49.7 Å². The van der Waals surface area contributed by atoms with Crippen LogP contribution < -0.4 is 22.5 Å².